The van der Waals surface area contributed by atoms with Crippen LogP contribution in [0, 0.1) is 0 Å². The number of rotatable bonds is 3. The van der Waals surface area contributed by atoms with Gasteiger partial charge in [-0.2, -0.15) is 0 Å². The van der Waals surface area contributed by atoms with Crippen LogP contribution in [0.2, 0.25) is 0 Å². The van der Waals surface area contributed by atoms with Crippen molar-refractivity contribution in [2.24, 2.45) is 5.73 Å². The Morgan fingerprint density at radius 1 is 1.50 bits per heavy atom. The summed E-state index contributed by atoms with van der Waals surface area (Å²) in [4.78, 5) is 11.8. The van der Waals surface area contributed by atoms with Crippen molar-refractivity contribution in [3.63, 3.8) is 0 Å². The minimum absolute atomic E-state index is 0. The molecule has 1 fully saturated rings. The SMILES string of the molecule is Cl.NC[C@H]1CC[C@@H](C(=O)Nc2cccc(O)c2)O1. The van der Waals surface area contributed by atoms with Gasteiger partial charge >= 0.3 is 0 Å². The van der Waals surface area contributed by atoms with E-state index in [-0.39, 0.29) is 30.2 Å². The highest BCUT2D eigenvalue weighted by molar-refractivity contribution is 5.94. The minimum Gasteiger partial charge on any atom is -0.508 e. The van der Waals surface area contributed by atoms with Crippen LogP contribution in [0.15, 0.2) is 24.3 Å². The second-order valence-electron chi connectivity index (χ2n) is 4.10. The number of amides is 1. The van der Waals surface area contributed by atoms with E-state index in [4.69, 9.17) is 10.5 Å². The molecule has 0 unspecified atom stereocenters. The van der Waals surface area contributed by atoms with Gasteiger partial charge in [-0.1, -0.05) is 6.07 Å². The number of carbonyl (C=O) groups excluding carboxylic acids is 1. The topological polar surface area (TPSA) is 84.6 Å². The first kappa shape index (κ1) is 14.8. The Hall–Kier alpha value is -1.30. The fraction of sp³-hybridized carbons (Fsp3) is 0.417. The van der Waals surface area contributed by atoms with Crippen molar-refractivity contribution in [3.05, 3.63) is 24.3 Å². The predicted octanol–water partition coefficient (Wildman–Crippen LogP) is 1.26. The van der Waals surface area contributed by atoms with E-state index in [9.17, 15) is 9.90 Å². The molecule has 6 heteroatoms. The number of phenols is 1. The summed E-state index contributed by atoms with van der Waals surface area (Å²) in [5, 5.41) is 12.0. The Labute approximate surface area is 112 Å². The predicted molar refractivity (Wildman–Crippen MR) is 70.9 cm³/mol. The number of halogens is 1. The standard InChI is InChI=1S/C12H16N2O3.ClH/c13-7-10-4-5-11(17-10)12(16)14-8-2-1-3-9(15)6-8;/h1-3,6,10-11,15H,4-5,7,13H2,(H,14,16);1H/t10-,11+;/m1./s1. The molecule has 0 saturated carbocycles. The average Bonchev–Trinajstić information content (AvgIpc) is 2.77. The first-order valence-electron chi connectivity index (χ1n) is 5.64. The maximum Gasteiger partial charge on any atom is 0.253 e. The molecule has 1 aromatic carbocycles. The summed E-state index contributed by atoms with van der Waals surface area (Å²) in [6.45, 7) is 0.440. The Bertz CT molecular complexity index is 414. The van der Waals surface area contributed by atoms with Gasteiger partial charge in [-0.15, -0.1) is 12.4 Å². The summed E-state index contributed by atoms with van der Waals surface area (Å²) in [5.74, 6) is -0.0680. The Morgan fingerprint density at radius 2 is 2.28 bits per heavy atom. The smallest absolute Gasteiger partial charge is 0.253 e. The van der Waals surface area contributed by atoms with E-state index in [0.717, 1.165) is 6.42 Å². The summed E-state index contributed by atoms with van der Waals surface area (Å²) >= 11 is 0. The van der Waals surface area contributed by atoms with Crippen LogP contribution >= 0.6 is 12.4 Å². The summed E-state index contributed by atoms with van der Waals surface area (Å²) in [6.07, 6.45) is 1.04. The third kappa shape index (κ3) is 3.60. The molecule has 2 atom stereocenters. The average molecular weight is 273 g/mol. The first-order chi connectivity index (χ1) is 8.19. The van der Waals surface area contributed by atoms with Crippen LogP contribution < -0.4 is 11.1 Å². The van der Waals surface area contributed by atoms with E-state index in [1.54, 1.807) is 18.2 Å². The Morgan fingerprint density at radius 3 is 2.89 bits per heavy atom. The van der Waals surface area contributed by atoms with Gasteiger partial charge in [0, 0.05) is 18.3 Å². The number of aromatic hydroxyl groups is 1. The maximum atomic E-state index is 11.8. The van der Waals surface area contributed by atoms with Gasteiger partial charge in [0.05, 0.1) is 6.10 Å². The van der Waals surface area contributed by atoms with Crippen LogP contribution in [0.5, 0.6) is 5.75 Å². The third-order valence-electron chi connectivity index (χ3n) is 2.78. The number of hydrogen-bond acceptors (Lipinski definition) is 4. The molecule has 1 aliphatic rings. The fourth-order valence-corrected chi connectivity index (χ4v) is 1.88. The van der Waals surface area contributed by atoms with E-state index >= 15 is 0 Å². The second kappa shape index (κ2) is 6.58. The molecule has 1 saturated heterocycles. The van der Waals surface area contributed by atoms with Gasteiger partial charge in [0.1, 0.15) is 11.9 Å². The van der Waals surface area contributed by atoms with Crippen LogP contribution in [0.3, 0.4) is 0 Å². The van der Waals surface area contributed by atoms with Gasteiger partial charge in [-0.25, -0.2) is 0 Å². The number of anilines is 1. The second-order valence-corrected chi connectivity index (χ2v) is 4.10. The van der Waals surface area contributed by atoms with Gasteiger partial charge in [-0.05, 0) is 25.0 Å². The van der Waals surface area contributed by atoms with Crippen molar-refractivity contribution in [1.82, 2.24) is 0 Å². The van der Waals surface area contributed by atoms with Gasteiger partial charge in [-0.3, -0.25) is 4.79 Å². The van der Waals surface area contributed by atoms with E-state index in [1.807, 2.05) is 0 Å². The van der Waals surface area contributed by atoms with Gasteiger partial charge in [0.25, 0.3) is 5.91 Å². The van der Waals surface area contributed by atoms with Crippen molar-refractivity contribution in [2.45, 2.75) is 25.0 Å². The fourth-order valence-electron chi connectivity index (χ4n) is 1.88. The van der Waals surface area contributed by atoms with Crippen LogP contribution in [0.25, 0.3) is 0 Å². The molecule has 0 aromatic heterocycles. The van der Waals surface area contributed by atoms with Crippen LogP contribution in [-0.2, 0) is 9.53 Å². The lowest BCUT2D eigenvalue weighted by Gasteiger charge is -2.12. The van der Waals surface area contributed by atoms with Crippen molar-refractivity contribution in [2.75, 3.05) is 11.9 Å². The lowest BCUT2D eigenvalue weighted by molar-refractivity contribution is -0.126. The lowest BCUT2D eigenvalue weighted by atomic mass is 10.2. The van der Waals surface area contributed by atoms with Crippen LogP contribution in [0.1, 0.15) is 12.8 Å². The molecule has 2 rings (SSSR count). The zero-order chi connectivity index (χ0) is 12.3. The van der Waals surface area contributed by atoms with Gasteiger partial charge in [0.15, 0.2) is 0 Å². The van der Waals surface area contributed by atoms with E-state index in [2.05, 4.69) is 5.32 Å². The van der Waals surface area contributed by atoms with Crippen molar-refractivity contribution in [3.8, 4) is 5.75 Å². The quantitative estimate of drug-likeness (QED) is 0.773. The van der Waals surface area contributed by atoms with Gasteiger partial charge in [0.2, 0.25) is 0 Å². The van der Waals surface area contributed by atoms with Crippen molar-refractivity contribution < 1.29 is 14.6 Å². The zero-order valence-corrected chi connectivity index (χ0v) is 10.7. The largest absolute Gasteiger partial charge is 0.508 e. The number of nitrogens with one attached hydrogen (secondary N) is 1. The molecule has 0 radical (unpaired) electrons. The summed E-state index contributed by atoms with van der Waals surface area (Å²) in [6, 6.07) is 6.43. The monoisotopic (exact) mass is 272 g/mol. The van der Waals surface area contributed by atoms with Crippen LogP contribution in [-0.4, -0.2) is 29.8 Å². The highest BCUT2D eigenvalue weighted by Gasteiger charge is 2.29. The number of carbonyl (C=O) groups is 1. The van der Waals surface area contributed by atoms with E-state index in [1.165, 1.54) is 6.07 Å². The first-order valence-corrected chi connectivity index (χ1v) is 5.64. The molecule has 0 aliphatic carbocycles. The molecule has 1 heterocycles. The van der Waals surface area contributed by atoms with Crippen molar-refractivity contribution in [1.29, 1.82) is 0 Å². The molecule has 1 amide bonds. The number of benzene rings is 1. The molecule has 18 heavy (non-hydrogen) atoms. The molecule has 4 N–H and O–H groups in total. The highest BCUT2D eigenvalue weighted by Crippen LogP contribution is 2.21. The van der Waals surface area contributed by atoms with E-state index < -0.39 is 6.10 Å². The molecule has 5 nitrogen and oxygen atoms in total. The Balaban J connectivity index is 0.00000162. The zero-order valence-electron chi connectivity index (χ0n) is 9.83. The maximum absolute atomic E-state index is 11.8. The van der Waals surface area contributed by atoms with Gasteiger partial charge < -0.3 is 20.9 Å². The molecule has 1 aliphatic heterocycles. The van der Waals surface area contributed by atoms with Crippen LogP contribution in [0.4, 0.5) is 5.69 Å². The molecular weight excluding hydrogens is 256 g/mol. The molecule has 1 aromatic rings. The number of nitrogens with two attached hydrogens (primary N) is 1. The summed E-state index contributed by atoms with van der Waals surface area (Å²) < 4.78 is 5.48. The number of hydrogen-bond donors (Lipinski definition) is 3. The summed E-state index contributed by atoms with van der Waals surface area (Å²) in [7, 11) is 0. The molecule has 0 bridgehead atoms. The lowest BCUT2D eigenvalue weighted by Crippen LogP contribution is -2.29. The molecule has 100 valence electrons. The van der Waals surface area contributed by atoms with Crippen molar-refractivity contribution >= 4 is 24.0 Å². The number of ether oxygens (including phenoxy) is 1. The van der Waals surface area contributed by atoms with E-state index in [0.29, 0.717) is 18.7 Å². The normalized spacial score (nSPS) is 22.3. The minimum atomic E-state index is -0.439. The number of phenolic OH excluding ortho intramolecular Hbond substituents is 1. The molecule has 0 spiro atoms. The molecular formula is C12H17ClN2O3. The third-order valence-corrected chi connectivity index (χ3v) is 2.78. The summed E-state index contributed by atoms with van der Waals surface area (Å²) in [5.41, 5.74) is 6.04. The highest BCUT2D eigenvalue weighted by atomic mass is 35.5. The Kier molecular flexibility index (Phi) is 5.40.